The van der Waals surface area contributed by atoms with Crippen LogP contribution in [0.3, 0.4) is 0 Å². The van der Waals surface area contributed by atoms with E-state index in [0.29, 0.717) is 0 Å². The van der Waals surface area contributed by atoms with Crippen molar-refractivity contribution in [3.63, 3.8) is 0 Å². The van der Waals surface area contributed by atoms with E-state index in [2.05, 4.69) is 141 Å². The van der Waals surface area contributed by atoms with E-state index in [4.69, 9.17) is 23.4 Å². The average molecular weight is 592 g/mol. The highest BCUT2D eigenvalue weighted by Gasteiger charge is 2.28. The van der Waals surface area contributed by atoms with E-state index in [0.717, 1.165) is 33.8 Å². The molecule has 0 fully saturated rings. The smallest absolute Gasteiger partial charge is 0.213 e. The van der Waals surface area contributed by atoms with Gasteiger partial charge >= 0.3 is 0 Å². The molecule has 0 amide bonds. The van der Waals surface area contributed by atoms with Crippen molar-refractivity contribution in [3.8, 4) is 0 Å². The summed E-state index contributed by atoms with van der Waals surface area (Å²) >= 11 is 0. The van der Waals surface area contributed by atoms with Crippen LogP contribution in [0, 0.1) is 10.2 Å². The number of benzene rings is 4. The Morgan fingerprint density at radius 1 is 0.651 bits per heavy atom. The van der Waals surface area contributed by atoms with Gasteiger partial charge in [-0.1, -0.05) is 103 Å². The third-order valence-electron chi connectivity index (χ3n) is 7.33. The molecule has 6 nitrogen and oxygen atoms in total. The summed E-state index contributed by atoms with van der Waals surface area (Å²) in [6.45, 7) is 4.34. The van der Waals surface area contributed by atoms with Crippen LogP contribution in [0.2, 0.25) is 0 Å². The molecule has 0 unspecified atom stereocenters. The summed E-state index contributed by atoms with van der Waals surface area (Å²) in [6.07, 6.45) is 4.61. The minimum absolute atomic E-state index is 0.895. The first-order chi connectivity index (χ1) is 20.6. The number of hydrogen-bond donors (Lipinski definition) is 0. The third kappa shape index (κ3) is 6.92. The lowest BCUT2D eigenvalue weighted by atomic mass is 9.87. The van der Waals surface area contributed by atoms with E-state index >= 15 is 0 Å². The van der Waals surface area contributed by atoms with E-state index in [1.54, 1.807) is 0 Å². The molecule has 2 heterocycles. The quantitative estimate of drug-likeness (QED) is 0.334. The maximum atomic E-state index is 8.49. The summed E-state index contributed by atoms with van der Waals surface area (Å²) in [4.78, 5) is 0. The molecule has 0 saturated carbocycles. The molecule has 0 saturated heterocycles. The second kappa shape index (κ2) is 12.8. The fraction of sp³-hybridized carbons (Fsp3) is 0.0833. The van der Waals surface area contributed by atoms with Crippen LogP contribution < -0.4 is 18.6 Å². The van der Waals surface area contributed by atoms with Crippen molar-refractivity contribution in [2.24, 2.45) is 0 Å². The summed E-state index contributed by atoms with van der Waals surface area (Å²) in [6, 6.07) is 40.1. The summed E-state index contributed by atoms with van der Waals surface area (Å²) in [5.74, 6) is 1.79. The topological polar surface area (TPSA) is 104 Å². The number of ether oxygens (including phenoxy) is 1. The second-order valence-corrected chi connectivity index (χ2v) is 10.9. The zero-order valence-electron chi connectivity index (χ0n) is 24.0. The molecule has 43 heavy (non-hydrogen) atoms. The largest absolute Gasteiger partial charge is 0.456 e. The zero-order chi connectivity index (χ0) is 30.6. The monoisotopic (exact) mass is 591 g/mol. The number of nitrogens with zero attached hydrogens (tertiary/aromatic N) is 1. The van der Waals surface area contributed by atoms with Crippen LogP contribution in [-0.2, 0) is 4.74 Å². The van der Waals surface area contributed by atoms with Crippen LogP contribution in [0.5, 0.6) is 0 Å². The first-order valence-electron chi connectivity index (χ1n) is 13.6. The fourth-order valence-corrected chi connectivity index (χ4v) is 5.36. The maximum Gasteiger partial charge on any atom is 0.213 e. The molecule has 0 aromatic heterocycles. The van der Waals surface area contributed by atoms with Gasteiger partial charge in [-0.3, -0.25) is 0 Å². The van der Waals surface area contributed by atoms with Crippen LogP contribution in [0.15, 0.2) is 138 Å². The van der Waals surface area contributed by atoms with Gasteiger partial charge in [-0.15, -0.1) is 10.2 Å². The van der Waals surface area contributed by atoms with Crippen molar-refractivity contribution < 1.29 is 38.2 Å². The molecular weight excluding hydrogens is 562 g/mol. The number of hydrogen-bond acceptors (Lipinski definition) is 5. The molecule has 6 rings (SSSR count). The standard InChI is InChI=1S/C36H30NO.ClHO4/c1-25-31(26(2)36(29-19-11-6-12-20-29)38-35(25)28-17-9-5-10-18-28)23-32(27-15-7-4-8-16-27)33-24-37(3)34-22-14-13-21-30(33)34;2-1(3,4)5/h4-24H,1-3H3;(H,2,3,4,5)/q+1;/p-1/b33-32+;. The van der Waals surface area contributed by atoms with Crippen LogP contribution in [-0.4, -0.2) is 17.8 Å². The normalized spacial score (nSPS) is 15.7. The molecule has 0 aliphatic carbocycles. The number of halogens is 1. The molecule has 0 atom stereocenters. The highest BCUT2D eigenvalue weighted by molar-refractivity contribution is 6.23. The van der Waals surface area contributed by atoms with E-state index < -0.39 is 10.2 Å². The Balaban J connectivity index is 0.000000682. The molecular formula is C36H30ClNO5. The van der Waals surface area contributed by atoms with Gasteiger partial charge in [0.25, 0.3) is 0 Å². The molecule has 0 bridgehead atoms. The van der Waals surface area contributed by atoms with Crippen LogP contribution in [0.4, 0.5) is 5.69 Å². The van der Waals surface area contributed by atoms with Crippen molar-refractivity contribution in [2.75, 3.05) is 7.05 Å². The van der Waals surface area contributed by atoms with E-state index in [-0.39, 0.29) is 0 Å². The molecule has 2 aliphatic heterocycles. The Kier molecular flexibility index (Phi) is 8.87. The molecule has 0 radical (unpaired) electrons. The summed E-state index contributed by atoms with van der Waals surface area (Å²) < 4.78 is 42.9. The van der Waals surface area contributed by atoms with Gasteiger partial charge < -0.3 is 4.74 Å². The summed E-state index contributed by atoms with van der Waals surface area (Å²) in [5.41, 5.74) is 11.6. The maximum absolute atomic E-state index is 8.49. The van der Waals surface area contributed by atoms with Crippen molar-refractivity contribution in [1.29, 1.82) is 0 Å². The van der Waals surface area contributed by atoms with Crippen LogP contribution >= 0.6 is 0 Å². The highest BCUT2D eigenvalue weighted by atomic mass is 35.7. The van der Waals surface area contributed by atoms with Crippen molar-refractivity contribution in [2.45, 2.75) is 13.8 Å². The van der Waals surface area contributed by atoms with E-state index in [1.165, 1.54) is 33.5 Å². The van der Waals surface area contributed by atoms with Crippen molar-refractivity contribution in [1.82, 2.24) is 0 Å². The number of para-hydroxylation sites is 1. The van der Waals surface area contributed by atoms with Crippen LogP contribution in [0.1, 0.15) is 36.1 Å². The summed E-state index contributed by atoms with van der Waals surface area (Å²) in [7, 11) is -2.83. The predicted molar refractivity (Wildman–Crippen MR) is 159 cm³/mol. The van der Waals surface area contributed by atoms with Gasteiger partial charge in [0.05, 0.1) is 11.1 Å². The molecule has 2 aliphatic rings. The zero-order valence-corrected chi connectivity index (χ0v) is 24.7. The molecule has 0 N–H and O–H groups in total. The number of fused-ring (bicyclic) bond motifs is 1. The van der Waals surface area contributed by atoms with Gasteiger partial charge in [0.15, 0.2) is 6.21 Å². The summed E-state index contributed by atoms with van der Waals surface area (Å²) in [5, 5.41) is 0. The third-order valence-corrected chi connectivity index (χ3v) is 7.33. The Morgan fingerprint density at radius 2 is 1.09 bits per heavy atom. The van der Waals surface area contributed by atoms with E-state index in [1.807, 2.05) is 12.1 Å². The lowest BCUT2D eigenvalue weighted by molar-refractivity contribution is -2.00. The Hall–Kier alpha value is -4.56. The molecule has 7 heteroatoms. The molecule has 4 aromatic rings. The van der Waals surface area contributed by atoms with Gasteiger partial charge in [0.2, 0.25) is 5.69 Å². The lowest BCUT2D eigenvalue weighted by Gasteiger charge is -2.27. The van der Waals surface area contributed by atoms with Gasteiger partial charge in [0, 0.05) is 17.2 Å². The van der Waals surface area contributed by atoms with E-state index in [9.17, 15) is 0 Å². The van der Waals surface area contributed by atoms with Gasteiger partial charge in [-0.05, 0) is 53.8 Å². The Bertz CT molecular complexity index is 1710. The number of rotatable bonds is 4. The van der Waals surface area contributed by atoms with Crippen molar-refractivity contribution in [3.05, 3.63) is 160 Å². The Labute approximate surface area is 253 Å². The fourth-order valence-electron chi connectivity index (χ4n) is 5.36. The van der Waals surface area contributed by atoms with Gasteiger partial charge in [-0.25, -0.2) is 23.2 Å². The average Bonchev–Trinajstić information content (AvgIpc) is 3.34. The minimum atomic E-state index is -4.94. The van der Waals surface area contributed by atoms with Crippen LogP contribution in [0.25, 0.3) is 22.7 Å². The second-order valence-electron chi connectivity index (χ2n) is 10.1. The first kappa shape index (κ1) is 29.9. The van der Waals surface area contributed by atoms with Gasteiger partial charge in [-0.2, -0.15) is 0 Å². The highest BCUT2D eigenvalue weighted by Crippen LogP contribution is 2.43. The first-order valence-corrected chi connectivity index (χ1v) is 14.9. The van der Waals surface area contributed by atoms with Gasteiger partial charge in [0.1, 0.15) is 18.6 Å². The minimum Gasteiger partial charge on any atom is -0.456 e. The van der Waals surface area contributed by atoms with Crippen molar-refractivity contribution >= 4 is 34.6 Å². The molecule has 4 aromatic carbocycles. The Morgan fingerprint density at radius 3 is 1.60 bits per heavy atom. The number of allylic oxidation sites excluding steroid dienone is 6. The molecule has 0 spiro atoms. The predicted octanol–water partition coefficient (Wildman–Crippen LogP) is 4.02. The SMILES string of the molecule is CC1=C(c2ccccc2)OC(c2ccccc2)=C(C)C1=C/C(=C1/C=[N+](C)c2ccccc21)c1ccccc1.[O-][Cl+3]([O-])([O-])[O-]. The lowest BCUT2D eigenvalue weighted by Crippen LogP contribution is -2.68. The molecule has 216 valence electrons.